The van der Waals surface area contributed by atoms with Crippen LogP contribution in [-0.4, -0.2) is 30.7 Å². The summed E-state index contributed by atoms with van der Waals surface area (Å²) < 4.78 is 10.1. The number of rotatable bonds is 1. The summed E-state index contributed by atoms with van der Waals surface area (Å²) in [5, 5.41) is 9.19. The van der Waals surface area contributed by atoms with Crippen molar-refractivity contribution in [3.05, 3.63) is 0 Å². The van der Waals surface area contributed by atoms with Crippen LogP contribution in [0, 0.1) is 0 Å². The minimum absolute atomic E-state index is 0.129. The minimum Gasteiger partial charge on any atom is -0.376 e. The highest BCUT2D eigenvalue weighted by molar-refractivity contribution is 4.70. The zero-order valence-corrected chi connectivity index (χ0v) is 6.41. The Bertz CT molecular complexity index is 105. The van der Waals surface area contributed by atoms with Crippen molar-refractivity contribution < 1.29 is 14.6 Å². The van der Waals surface area contributed by atoms with Crippen LogP contribution >= 0.6 is 0 Å². The lowest BCUT2D eigenvalue weighted by Crippen LogP contribution is -2.38. The number of methoxy groups -OCH3 is 1. The third kappa shape index (κ3) is 1.68. The molecule has 1 aliphatic heterocycles. The van der Waals surface area contributed by atoms with Gasteiger partial charge in [0.1, 0.15) is 6.10 Å². The molecule has 0 aromatic rings. The number of aliphatic hydroxyl groups excluding tert-OH is 1. The molecule has 0 spiro atoms. The molecule has 0 aromatic heterocycles. The second-order valence-electron chi connectivity index (χ2n) is 2.69. The predicted octanol–water partition coefficient (Wildman–Crippen LogP) is 0.519. The molecule has 1 heterocycles. The summed E-state index contributed by atoms with van der Waals surface area (Å²) in [6.07, 6.45) is 1.17. The van der Waals surface area contributed by atoms with Crippen molar-refractivity contribution >= 4 is 0 Å². The van der Waals surface area contributed by atoms with Crippen LogP contribution in [0.25, 0.3) is 0 Å². The Hall–Kier alpha value is -0.120. The van der Waals surface area contributed by atoms with Gasteiger partial charge in [-0.25, -0.2) is 0 Å². The van der Waals surface area contributed by atoms with Crippen molar-refractivity contribution in [2.24, 2.45) is 0 Å². The molecule has 0 amide bonds. The number of hydrogen-bond acceptors (Lipinski definition) is 3. The van der Waals surface area contributed by atoms with Crippen LogP contribution < -0.4 is 0 Å². The Morgan fingerprint density at radius 2 is 2.20 bits per heavy atom. The summed E-state index contributed by atoms with van der Waals surface area (Å²) in [5.74, 6) is 0. The monoisotopic (exact) mass is 146 g/mol. The molecule has 1 aliphatic rings. The fourth-order valence-corrected chi connectivity index (χ4v) is 1.17. The first-order valence-electron chi connectivity index (χ1n) is 3.60. The second kappa shape index (κ2) is 3.32. The Labute approximate surface area is 60.9 Å². The summed E-state index contributed by atoms with van der Waals surface area (Å²) >= 11 is 0. The molecule has 1 rings (SSSR count). The zero-order valence-electron chi connectivity index (χ0n) is 6.41. The Morgan fingerprint density at radius 3 is 2.70 bits per heavy atom. The molecule has 0 saturated carbocycles. The maximum Gasteiger partial charge on any atom is 0.181 e. The molecular weight excluding hydrogens is 132 g/mol. The van der Waals surface area contributed by atoms with Gasteiger partial charge in [-0.1, -0.05) is 0 Å². The lowest BCUT2D eigenvalue weighted by molar-refractivity contribution is -0.218. The van der Waals surface area contributed by atoms with Gasteiger partial charge in [0.15, 0.2) is 6.29 Å². The molecule has 1 N–H and O–H groups in total. The van der Waals surface area contributed by atoms with Gasteiger partial charge < -0.3 is 14.6 Å². The molecule has 60 valence electrons. The molecule has 3 heteroatoms. The predicted molar refractivity (Wildman–Crippen MR) is 36.6 cm³/mol. The first kappa shape index (κ1) is 7.98. The van der Waals surface area contributed by atoms with Gasteiger partial charge >= 0.3 is 0 Å². The van der Waals surface area contributed by atoms with E-state index in [0.717, 1.165) is 12.8 Å². The Kier molecular flexibility index (Phi) is 2.65. The SMILES string of the molecule is COC1CCC(C)OC1O. The summed E-state index contributed by atoms with van der Waals surface area (Å²) in [5.41, 5.74) is 0. The summed E-state index contributed by atoms with van der Waals surface area (Å²) in [6, 6.07) is 0. The summed E-state index contributed by atoms with van der Waals surface area (Å²) in [7, 11) is 1.59. The quantitative estimate of drug-likeness (QED) is 0.586. The van der Waals surface area contributed by atoms with Gasteiger partial charge in [-0.2, -0.15) is 0 Å². The van der Waals surface area contributed by atoms with Crippen LogP contribution in [0.2, 0.25) is 0 Å². The van der Waals surface area contributed by atoms with E-state index in [2.05, 4.69) is 0 Å². The van der Waals surface area contributed by atoms with Crippen molar-refractivity contribution in [3.63, 3.8) is 0 Å². The van der Waals surface area contributed by atoms with Crippen LogP contribution in [-0.2, 0) is 9.47 Å². The maximum absolute atomic E-state index is 9.19. The van der Waals surface area contributed by atoms with Gasteiger partial charge in [0, 0.05) is 7.11 Å². The lowest BCUT2D eigenvalue weighted by Gasteiger charge is -2.30. The molecule has 1 saturated heterocycles. The van der Waals surface area contributed by atoms with Gasteiger partial charge in [-0.05, 0) is 19.8 Å². The first-order chi connectivity index (χ1) is 4.74. The van der Waals surface area contributed by atoms with Gasteiger partial charge in [0.25, 0.3) is 0 Å². The lowest BCUT2D eigenvalue weighted by atomic mass is 10.1. The van der Waals surface area contributed by atoms with Gasteiger partial charge in [-0.15, -0.1) is 0 Å². The molecular formula is C7H14O3. The second-order valence-corrected chi connectivity index (χ2v) is 2.69. The van der Waals surface area contributed by atoms with Crippen molar-refractivity contribution in [3.8, 4) is 0 Å². The van der Waals surface area contributed by atoms with Crippen LogP contribution in [0.15, 0.2) is 0 Å². The highest BCUT2D eigenvalue weighted by atomic mass is 16.6. The van der Waals surface area contributed by atoms with E-state index >= 15 is 0 Å². The summed E-state index contributed by atoms with van der Waals surface area (Å²) in [4.78, 5) is 0. The fraction of sp³-hybridized carbons (Fsp3) is 1.00. The van der Waals surface area contributed by atoms with Gasteiger partial charge in [0.05, 0.1) is 6.10 Å². The number of aliphatic hydroxyl groups is 1. The molecule has 10 heavy (non-hydrogen) atoms. The van der Waals surface area contributed by atoms with E-state index < -0.39 is 6.29 Å². The smallest absolute Gasteiger partial charge is 0.181 e. The molecule has 0 radical (unpaired) electrons. The highest BCUT2D eigenvalue weighted by Crippen LogP contribution is 2.19. The van der Waals surface area contributed by atoms with E-state index in [9.17, 15) is 5.11 Å². The molecule has 0 aromatic carbocycles. The van der Waals surface area contributed by atoms with Crippen LogP contribution in [0.1, 0.15) is 19.8 Å². The highest BCUT2D eigenvalue weighted by Gasteiger charge is 2.26. The first-order valence-corrected chi connectivity index (χ1v) is 3.60. The van der Waals surface area contributed by atoms with Gasteiger partial charge in [0.2, 0.25) is 0 Å². The van der Waals surface area contributed by atoms with Crippen molar-refractivity contribution in [1.82, 2.24) is 0 Å². The number of ether oxygens (including phenoxy) is 2. The molecule has 3 nitrogen and oxygen atoms in total. The van der Waals surface area contributed by atoms with Crippen molar-refractivity contribution in [2.75, 3.05) is 7.11 Å². The van der Waals surface area contributed by atoms with Crippen LogP contribution in [0.3, 0.4) is 0 Å². The van der Waals surface area contributed by atoms with Gasteiger partial charge in [-0.3, -0.25) is 0 Å². The van der Waals surface area contributed by atoms with E-state index in [-0.39, 0.29) is 12.2 Å². The summed E-state index contributed by atoms with van der Waals surface area (Å²) in [6.45, 7) is 1.95. The zero-order chi connectivity index (χ0) is 7.56. The topological polar surface area (TPSA) is 38.7 Å². The molecule has 3 atom stereocenters. The number of hydrogen-bond donors (Lipinski definition) is 1. The third-order valence-corrected chi connectivity index (χ3v) is 1.85. The minimum atomic E-state index is -0.728. The normalized spacial score (nSPS) is 41.7. The molecule has 3 unspecified atom stereocenters. The van der Waals surface area contributed by atoms with E-state index in [1.807, 2.05) is 6.92 Å². The average Bonchev–Trinajstić information content (AvgIpc) is 1.88. The Morgan fingerprint density at radius 1 is 1.50 bits per heavy atom. The molecule has 0 bridgehead atoms. The third-order valence-electron chi connectivity index (χ3n) is 1.85. The average molecular weight is 146 g/mol. The Balaban J connectivity index is 2.36. The molecule has 1 fully saturated rings. The fourth-order valence-electron chi connectivity index (χ4n) is 1.17. The van der Waals surface area contributed by atoms with E-state index in [1.165, 1.54) is 0 Å². The standard InChI is InChI=1S/C7H14O3/c1-5-3-4-6(9-2)7(8)10-5/h5-8H,3-4H2,1-2H3. The van der Waals surface area contributed by atoms with Crippen molar-refractivity contribution in [1.29, 1.82) is 0 Å². The van der Waals surface area contributed by atoms with E-state index in [4.69, 9.17) is 9.47 Å². The van der Waals surface area contributed by atoms with Crippen molar-refractivity contribution in [2.45, 2.75) is 38.3 Å². The molecule has 0 aliphatic carbocycles. The van der Waals surface area contributed by atoms with Crippen LogP contribution in [0.5, 0.6) is 0 Å². The van der Waals surface area contributed by atoms with Crippen LogP contribution in [0.4, 0.5) is 0 Å². The van der Waals surface area contributed by atoms with E-state index in [0.29, 0.717) is 0 Å². The van der Waals surface area contributed by atoms with E-state index in [1.54, 1.807) is 7.11 Å². The largest absolute Gasteiger partial charge is 0.376 e. The maximum atomic E-state index is 9.19.